The minimum Gasteiger partial charge on any atom is -0.272 e. The number of rotatable bonds is 1. The van der Waals surface area contributed by atoms with E-state index in [0.29, 0.717) is 10.8 Å². The van der Waals surface area contributed by atoms with Crippen LogP contribution in [0.4, 0.5) is 0 Å². The summed E-state index contributed by atoms with van der Waals surface area (Å²) in [6.07, 6.45) is 3.47. The van der Waals surface area contributed by atoms with E-state index in [-0.39, 0.29) is 0 Å². The molecule has 0 atom stereocenters. The molecular formula is C15H10ClN5. The second kappa shape index (κ2) is 4.49. The summed E-state index contributed by atoms with van der Waals surface area (Å²) in [5, 5.41) is 9.20. The highest BCUT2D eigenvalue weighted by Crippen LogP contribution is 2.28. The van der Waals surface area contributed by atoms with Gasteiger partial charge < -0.3 is 0 Å². The van der Waals surface area contributed by atoms with Gasteiger partial charge in [0, 0.05) is 11.8 Å². The van der Waals surface area contributed by atoms with E-state index < -0.39 is 0 Å². The Labute approximate surface area is 125 Å². The summed E-state index contributed by atoms with van der Waals surface area (Å²) >= 11 is 6.30. The summed E-state index contributed by atoms with van der Waals surface area (Å²) < 4.78 is 1.97. The number of benzene rings is 1. The smallest absolute Gasteiger partial charge is 0.183 e. The molecule has 0 spiro atoms. The standard InChI is InChI=1S/C15H10ClN5/c1-9-14-19-20-15(10-4-2-3-5-11(10)16)21(14)13-6-7-17-8-12(13)18-9/h2-8H,1H3. The molecule has 1 aromatic carbocycles. The second-order valence-corrected chi connectivity index (χ2v) is 5.13. The highest BCUT2D eigenvalue weighted by Gasteiger charge is 2.15. The van der Waals surface area contributed by atoms with Gasteiger partial charge in [0.25, 0.3) is 0 Å². The van der Waals surface area contributed by atoms with Crippen LogP contribution in [0.3, 0.4) is 0 Å². The fraction of sp³-hybridized carbons (Fsp3) is 0.0667. The molecule has 0 N–H and O–H groups in total. The zero-order valence-corrected chi connectivity index (χ0v) is 11.9. The molecule has 102 valence electrons. The molecule has 3 aromatic heterocycles. The summed E-state index contributed by atoms with van der Waals surface area (Å²) in [4.78, 5) is 8.64. The largest absolute Gasteiger partial charge is 0.272 e. The Morgan fingerprint density at radius 1 is 1.10 bits per heavy atom. The Bertz CT molecular complexity index is 976. The molecule has 0 aliphatic carbocycles. The van der Waals surface area contributed by atoms with Gasteiger partial charge in [-0.3, -0.25) is 9.38 Å². The summed E-state index contributed by atoms with van der Waals surface area (Å²) in [5.41, 5.74) is 4.08. The quantitative estimate of drug-likeness (QED) is 0.540. The minimum absolute atomic E-state index is 0.642. The third-order valence-corrected chi connectivity index (χ3v) is 3.74. The minimum atomic E-state index is 0.642. The van der Waals surface area contributed by atoms with Crippen molar-refractivity contribution in [2.24, 2.45) is 0 Å². The number of hydrogen-bond acceptors (Lipinski definition) is 4. The first-order valence-corrected chi connectivity index (χ1v) is 6.84. The van der Waals surface area contributed by atoms with Crippen LogP contribution in [-0.2, 0) is 0 Å². The molecule has 21 heavy (non-hydrogen) atoms. The Morgan fingerprint density at radius 2 is 1.95 bits per heavy atom. The van der Waals surface area contributed by atoms with Crippen LogP contribution in [0.15, 0.2) is 42.7 Å². The van der Waals surface area contributed by atoms with Gasteiger partial charge in [-0.05, 0) is 25.1 Å². The van der Waals surface area contributed by atoms with Gasteiger partial charge in [0.05, 0.1) is 22.4 Å². The molecule has 0 amide bonds. The van der Waals surface area contributed by atoms with Gasteiger partial charge in [-0.15, -0.1) is 10.2 Å². The van der Waals surface area contributed by atoms with Crippen LogP contribution >= 0.6 is 11.6 Å². The number of aromatic nitrogens is 5. The lowest BCUT2D eigenvalue weighted by atomic mass is 10.2. The van der Waals surface area contributed by atoms with Crippen molar-refractivity contribution in [2.75, 3.05) is 0 Å². The van der Waals surface area contributed by atoms with Gasteiger partial charge in [-0.2, -0.15) is 0 Å². The molecule has 0 fully saturated rings. The molecule has 4 rings (SSSR count). The summed E-state index contributed by atoms with van der Waals surface area (Å²) in [6, 6.07) is 9.50. The molecule has 0 unspecified atom stereocenters. The Morgan fingerprint density at radius 3 is 2.81 bits per heavy atom. The van der Waals surface area contributed by atoms with Gasteiger partial charge in [0.1, 0.15) is 5.52 Å². The van der Waals surface area contributed by atoms with Gasteiger partial charge in [0.2, 0.25) is 0 Å². The lowest BCUT2D eigenvalue weighted by molar-refractivity contribution is 1.11. The monoisotopic (exact) mass is 295 g/mol. The van der Waals surface area contributed by atoms with Gasteiger partial charge in [-0.25, -0.2) is 4.98 Å². The first-order chi connectivity index (χ1) is 10.3. The van der Waals surface area contributed by atoms with Crippen molar-refractivity contribution in [1.29, 1.82) is 0 Å². The zero-order chi connectivity index (χ0) is 14.4. The van der Waals surface area contributed by atoms with Crippen molar-refractivity contribution in [3.8, 4) is 11.4 Å². The number of hydrogen-bond donors (Lipinski definition) is 0. The Balaban J connectivity index is 2.19. The van der Waals surface area contributed by atoms with E-state index in [2.05, 4.69) is 20.2 Å². The lowest BCUT2D eigenvalue weighted by Gasteiger charge is -2.06. The van der Waals surface area contributed by atoms with Crippen LogP contribution in [0.1, 0.15) is 5.69 Å². The van der Waals surface area contributed by atoms with Crippen LogP contribution in [0.2, 0.25) is 5.02 Å². The Hall–Kier alpha value is -2.53. The predicted molar refractivity (Wildman–Crippen MR) is 81.3 cm³/mol. The van der Waals surface area contributed by atoms with Crippen molar-refractivity contribution in [1.82, 2.24) is 24.6 Å². The summed E-state index contributed by atoms with van der Waals surface area (Å²) in [7, 11) is 0. The number of aryl methyl sites for hydroxylation is 1. The van der Waals surface area contributed by atoms with Crippen molar-refractivity contribution < 1.29 is 0 Å². The van der Waals surface area contributed by atoms with E-state index in [1.165, 1.54) is 0 Å². The molecule has 0 radical (unpaired) electrons. The normalized spacial score (nSPS) is 11.3. The SMILES string of the molecule is Cc1nc2cnccc2n2c(-c3ccccc3Cl)nnc12. The molecule has 5 nitrogen and oxygen atoms in total. The Kier molecular flexibility index (Phi) is 2.62. The number of halogens is 1. The van der Waals surface area contributed by atoms with Gasteiger partial charge >= 0.3 is 0 Å². The van der Waals surface area contributed by atoms with Crippen LogP contribution in [-0.4, -0.2) is 24.6 Å². The average molecular weight is 296 g/mol. The van der Waals surface area contributed by atoms with Crippen molar-refractivity contribution in [2.45, 2.75) is 6.92 Å². The molecule has 0 saturated carbocycles. The number of fused-ring (bicyclic) bond motifs is 3. The number of pyridine rings is 1. The van der Waals surface area contributed by atoms with Crippen LogP contribution in [0.5, 0.6) is 0 Å². The van der Waals surface area contributed by atoms with E-state index in [1.54, 1.807) is 12.4 Å². The molecule has 3 heterocycles. The zero-order valence-electron chi connectivity index (χ0n) is 11.2. The molecular weight excluding hydrogens is 286 g/mol. The predicted octanol–water partition coefficient (Wildman–Crippen LogP) is 3.30. The first-order valence-electron chi connectivity index (χ1n) is 6.46. The van der Waals surface area contributed by atoms with Crippen LogP contribution < -0.4 is 0 Å². The van der Waals surface area contributed by atoms with Crippen LogP contribution in [0, 0.1) is 6.92 Å². The highest BCUT2D eigenvalue weighted by atomic mass is 35.5. The van der Waals surface area contributed by atoms with E-state index >= 15 is 0 Å². The molecule has 0 bridgehead atoms. The average Bonchev–Trinajstić information content (AvgIpc) is 2.93. The molecule has 0 aliphatic heterocycles. The van der Waals surface area contributed by atoms with E-state index in [1.807, 2.05) is 41.7 Å². The van der Waals surface area contributed by atoms with Crippen molar-refractivity contribution in [3.63, 3.8) is 0 Å². The maximum Gasteiger partial charge on any atom is 0.183 e. The molecule has 0 saturated heterocycles. The summed E-state index contributed by atoms with van der Waals surface area (Å²) in [5.74, 6) is 0.706. The lowest BCUT2D eigenvalue weighted by Crippen LogP contribution is -1.98. The number of nitrogens with zero attached hydrogens (tertiary/aromatic N) is 5. The fourth-order valence-electron chi connectivity index (χ4n) is 2.45. The topological polar surface area (TPSA) is 56.0 Å². The second-order valence-electron chi connectivity index (χ2n) is 4.72. The molecule has 4 aromatic rings. The van der Waals surface area contributed by atoms with Crippen LogP contribution in [0.25, 0.3) is 28.1 Å². The molecule has 6 heteroatoms. The maximum absolute atomic E-state index is 6.30. The molecule has 0 aliphatic rings. The highest BCUT2D eigenvalue weighted by molar-refractivity contribution is 6.33. The third-order valence-electron chi connectivity index (χ3n) is 3.41. The third kappa shape index (κ3) is 1.78. The van der Waals surface area contributed by atoms with Crippen molar-refractivity contribution in [3.05, 3.63) is 53.4 Å². The fourth-order valence-corrected chi connectivity index (χ4v) is 2.67. The van der Waals surface area contributed by atoms with E-state index in [9.17, 15) is 0 Å². The van der Waals surface area contributed by atoms with E-state index in [4.69, 9.17) is 11.6 Å². The maximum atomic E-state index is 6.30. The van der Waals surface area contributed by atoms with Crippen molar-refractivity contribution >= 4 is 28.3 Å². The van der Waals surface area contributed by atoms with Gasteiger partial charge in [-0.1, -0.05) is 23.7 Å². The first kappa shape index (κ1) is 12.2. The van der Waals surface area contributed by atoms with E-state index in [0.717, 1.165) is 27.9 Å². The van der Waals surface area contributed by atoms with Gasteiger partial charge in [0.15, 0.2) is 11.5 Å². The summed E-state index contributed by atoms with van der Waals surface area (Å²) in [6.45, 7) is 1.91.